The van der Waals surface area contributed by atoms with Gasteiger partial charge in [-0.25, -0.2) is 8.78 Å². The lowest BCUT2D eigenvalue weighted by molar-refractivity contribution is -0.127. The number of carbonyl (C=O) groups is 2. The third-order valence-electron chi connectivity index (χ3n) is 7.03. The molecule has 27 heavy (non-hydrogen) atoms. The summed E-state index contributed by atoms with van der Waals surface area (Å²) in [6, 6.07) is 5.04. The first-order chi connectivity index (χ1) is 12.8. The van der Waals surface area contributed by atoms with Gasteiger partial charge in [0.05, 0.1) is 29.8 Å². The largest absolute Gasteiger partial charge is 0.326 e. The Bertz CT molecular complexity index is 821. The van der Waals surface area contributed by atoms with Crippen molar-refractivity contribution < 1.29 is 18.4 Å². The van der Waals surface area contributed by atoms with E-state index >= 15 is 0 Å². The van der Waals surface area contributed by atoms with Crippen molar-refractivity contribution >= 4 is 33.4 Å². The van der Waals surface area contributed by atoms with Crippen LogP contribution in [-0.4, -0.2) is 35.7 Å². The van der Waals surface area contributed by atoms with Crippen LogP contribution in [0.3, 0.4) is 0 Å². The van der Waals surface area contributed by atoms with Crippen molar-refractivity contribution in [2.24, 2.45) is 23.2 Å². The lowest BCUT2D eigenvalue weighted by Crippen LogP contribution is -2.58. The molecule has 2 unspecified atom stereocenters. The summed E-state index contributed by atoms with van der Waals surface area (Å²) in [5.74, 6) is -1.52. The molecular formula is C20H21BrF2N2O2. The molecule has 0 spiro atoms. The second kappa shape index (κ2) is 5.75. The Morgan fingerprint density at radius 1 is 1.11 bits per heavy atom. The van der Waals surface area contributed by atoms with Gasteiger partial charge < -0.3 is 10.2 Å². The Balaban J connectivity index is 1.39. The first-order valence-electron chi connectivity index (χ1n) is 9.54. The topological polar surface area (TPSA) is 49.4 Å². The monoisotopic (exact) mass is 438 g/mol. The molecule has 4 bridgehead atoms. The number of anilines is 1. The number of alkyl halides is 2. The molecule has 144 valence electrons. The van der Waals surface area contributed by atoms with Crippen LogP contribution in [0.4, 0.5) is 14.5 Å². The van der Waals surface area contributed by atoms with Crippen LogP contribution >= 0.6 is 15.9 Å². The average molecular weight is 439 g/mol. The molecule has 1 heterocycles. The molecule has 5 aliphatic rings. The summed E-state index contributed by atoms with van der Waals surface area (Å²) in [4.78, 5) is 27.1. The minimum Gasteiger partial charge on any atom is -0.326 e. The summed E-state index contributed by atoms with van der Waals surface area (Å²) < 4.78 is 27.0. The van der Waals surface area contributed by atoms with E-state index < -0.39 is 24.9 Å². The van der Waals surface area contributed by atoms with Gasteiger partial charge in [0, 0.05) is 4.47 Å². The quantitative estimate of drug-likeness (QED) is 0.764. The van der Waals surface area contributed by atoms with Crippen LogP contribution in [0.5, 0.6) is 0 Å². The molecule has 6 rings (SSSR count). The highest BCUT2D eigenvalue weighted by Crippen LogP contribution is 2.65. The zero-order valence-electron chi connectivity index (χ0n) is 14.8. The Hall–Kier alpha value is -1.50. The van der Waals surface area contributed by atoms with E-state index in [1.807, 2.05) is 0 Å². The molecular weight excluding hydrogens is 418 g/mol. The minimum absolute atomic E-state index is 0.00233. The van der Waals surface area contributed by atoms with E-state index in [1.165, 1.54) is 6.42 Å². The molecule has 4 nitrogen and oxygen atoms in total. The van der Waals surface area contributed by atoms with Gasteiger partial charge in [0.1, 0.15) is 0 Å². The molecule has 7 heteroatoms. The zero-order valence-corrected chi connectivity index (χ0v) is 16.4. The van der Waals surface area contributed by atoms with Gasteiger partial charge in [-0.3, -0.25) is 9.59 Å². The molecule has 5 fully saturated rings. The third-order valence-corrected chi connectivity index (χ3v) is 7.53. The molecule has 1 saturated heterocycles. The lowest BCUT2D eigenvalue weighted by Gasteiger charge is -2.39. The number of hydrogen-bond donors (Lipinski definition) is 1. The van der Waals surface area contributed by atoms with E-state index in [0.29, 0.717) is 27.9 Å². The number of halogens is 3. The van der Waals surface area contributed by atoms with E-state index in [1.54, 1.807) is 18.2 Å². The number of amides is 2. The third kappa shape index (κ3) is 2.72. The highest BCUT2D eigenvalue weighted by Gasteiger charge is 2.61. The van der Waals surface area contributed by atoms with E-state index in [2.05, 4.69) is 21.2 Å². The highest BCUT2D eigenvalue weighted by atomic mass is 79.9. The molecule has 1 N–H and O–H groups in total. The summed E-state index contributed by atoms with van der Waals surface area (Å²) in [5, 5.41) is 2.99. The first kappa shape index (κ1) is 17.6. The Morgan fingerprint density at radius 3 is 2.41 bits per heavy atom. The van der Waals surface area contributed by atoms with E-state index in [0.717, 1.165) is 30.6 Å². The molecule has 2 atom stereocenters. The normalized spacial score (nSPS) is 35.2. The number of nitrogens with zero attached hydrogens (tertiary/aromatic N) is 1. The maximum atomic E-state index is 13.2. The van der Waals surface area contributed by atoms with Crippen LogP contribution in [0.2, 0.25) is 0 Å². The maximum Gasteiger partial charge on any atom is 0.282 e. The smallest absolute Gasteiger partial charge is 0.282 e. The molecule has 1 aliphatic heterocycles. The van der Waals surface area contributed by atoms with Gasteiger partial charge in [-0.15, -0.1) is 0 Å². The van der Waals surface area contributed by atoms with Crippen LogP contribution in [0, 0.1) is 23.2 Å². The predicted octanol–water partition coefficient (Wildman–Crippen LogP) is 4.31. The fourth-order valence-electron chi connectivity index (χ4n) is 6.04. The van der Waals surface area contributed by atoms with Gasteiger partial charge in [0.2, 0.25) is 5.91 Å². The summed E-state index contributed by atoms with van der Waals surface area (Å²) in [6.45, 7) is -1.14. The van der Waals surface area contributed by atoms with Crippen molar-refractivity contribution in [3.63, 3.8) is 0 Å². The van der Waals surface area contributed by atoms with Crippen molar-refractivity contribution in [2.75, 3.05) is 18.4 Å². The van der Waals surface area contributed by atoms with Crippen molar-refractivity contribution in [2.45, 2.75) is 38.0 Å². The Labute approximate surface area is 164 Å². The van der Waals surface area contributed by atoms with E-state index in [-0.39, 0.29) is 16.9 Å². The molecule has 4 saturated carbocycles. The summed E-state index contributed by atoms with van der Waals surface area (Å²) in [6.07, 6.45) is 5.41. The van der Waals surface area contributed by atoms with Crippen LogP contribution in [0.15, 0.2) is 22.7 Å². The van der Waals surface area contributed by atoms with Crippen molar-refractivity contribution in [3.05, 3.63) is 28.2 Å². The van der Waals surface area contributed by atoms with Gasteiger partial charge in [0.25, 0.3) is 11.8 Å². The van der Waals surface area contributed by atoms with Gasteiger partial charge in [-0.05, 0) is 68.1 Å². The van der Waals surface area contributed by atoms with Crippen molar-refractivity contribution in [3.8, 4) is 0 Å². The first-order valence-corrected chi connectivity index (χ1v) is 10.3. The highest BCUT2D eigenvalue weighted by molar-refractivity contribution is 9.10. The summed E-state index contributed by atoms with van der Waals surface area (Å²) in [7, 11) is 0. The standard InChI is InChI=1S/C20H21BrF2N2O2/c21-14-1-2-16(15(6-14)17(26)25-9-20(22,23)10-25)24-18(27)19-7-11-3-12(8-19)5-13(19)4-11/h1-2,6,11-13H,3-5,7-10H2,(H,24,27). The van der Waals surface area contributed by atoms with Crippen molar-refractivity contribution in [1.29, 1.82) is 0 Å². The predicted molar refractivity (Wildman–Crippen MR) is 99.6 cm³/mol. The van der Waals surface area contributed by atoms with Crippen LogP contribution in [0.1, 0.15) is 42.5 Å². The van der Waals surface area contributed by atoms with Gasteiger partial charge >= 0.3 is 0 Å². The average Bonchev–Trinajstić information content (AvgIpc) is 2.99. The summed E-state index contributed by atoms with van der Waals surface area (Å²) in [5.41, 5.74) is 0.386. The fourth-order valence-corrected chi connectivity index (χ4v) is 6.40. The van der Waals surface area contributed by atoms with E-state index in [4.69, 9.17) is 0 Å². The van der Waals surface area contributed by atoms with Crippen molar-refractivity contribution in [1.82, 2.24) is 4.90 Å². The summed E-state index contributed by atoms with van der Waals surface area (Å²) >= 11 is 3.33. The van der Waals surface area contributed by atoms with Gasteiger partial charge in [0.15, 0.2) is 0 Å². The number of rotatable bonds is 3. The van der Waals surface area contributed by atoms with E-state index in [9.17, 15) is 18.4 Å². The van der Waals surface area contributed by atoms with Crippen LogP contribution in [0.25, 0.3) is 0 Å². The second-order valence-electron chi connectivity index (χ2n) is 8.86. The SMILES string of the molecule is O=C(c1cc(Br)ccc1NC(=O)C12CC3CC(CC1C3)C2)N1CC(F)(F)C1. The minimum atomic E-state index is -2.81. The fraction of sp³-hybridized carbons (Fsp3) is 0.600. The number of nitrogens with one attached hydrogen (secondary N) is 1. The Morgan fingerprint density at radius 2 is 1.78 bits per heavy atom. The molecule has 4 aliphatic carbocycles. The number of benzene rings is 1. The lowest BCUT2D eigenvalue weighted by atomic mass is 9.75. The van der Waals surface area contributed by atoms with Crippen LogP contribution < -0.4 is 5.32 Å². The number of hydrogen-bond acceptors (Lipinski definition) is 2. The Kier molecular flexibility index (Phi) is 3.75. The number of carbonyl (C=O) groups excluding carboxylic acids is 2. The van der Waals surface area contributed by atoms with Gasteiger partial charge in [-0.1, -0.05) is 15.9 Å². The molecule has 1 aromatic rings. The molecule has 0 aromatic heterocycles. The maximum absolute atomic E-state index is 13.2. The molecule has 1 aromatic carbocycles. The molecule has 0 radical (unpaired) electrons. The van der Waals surface area contributed by atoms with Crippen LogP contribution in [-0.2, 0) is 4.79 Å². The number of likely N-dealkylation sites (tertiary alicyclic amines) is 1. The molecule has 2 amide bonds. The van der Waals surface area contributed by atoms with Gasteiger partial charge in [-0.2, -0.15) is 0 Å². The second-order valence-corrected chi connectivity index (χ2v) is 9.78. The zero-order chi connectivity index (χ0) is 19.0.